The van der Waals surface area contributed by atoms with Gasteiger partial charge in [-0.3, -0.25) is 4.79 Å². The van der Waals surface area contributed by atoms with Gasteiger partial charge in [-0.25, -0.2) is 0 Å². The van der Waals surface area contributed by atoms with Crippen LogP contribution in [0.5, 0.6) is 0 Å². The number of hydrogen-bond acceptors (Lipinski definition) is 3. The summed E-state index contributed by atoms with van der Waals surface area (Å²) in [5, 5.41) is 0. The van der Waals surface area contributed by atoms with Crippen molar-refractivity contribution >= 4 is 5.91 Å². The number of hydrogen-bond donors (Lipinski definition) is 2. The molecule has 1 fully saturated rings. The molecule has 0 bridgehead atoms. The minimum Gasteiger partial charge on any atom is -0.369 e. The molecule has 1 heterocycles. The number of carbonyl (C=O) groups is 1. The molecule has 1 unspecified atom stereocenters. The summed E-state index contributed by atoms with van der Waals surface area (Å²) in [5.74, 6) is -0.0627. The lowest BCUT2D eigenvalue weighted by Crippen LogP contribution is -2.28. The molecule has 0 aromatic carbocycles. The number of amides is 1. The Morgan fingerprint density at radius 3 is 2.65 bits per heavy atom. The highest BCUT2D eigenvalue weighted by Crippen LogP contribution is 2.22. The molecule has 4 heteroatoms. The van der Waals surface area contributed by atoms with Crippen LogP contribution in [0.3, 0.4) is 0 Å². The van der Waals surface area contributed by atoms with Gasteiger partial charge in [0.25, 0.3) is 0 Å². The molecule has 0 aromatic heterocycles. The second-order valence-corrected chi connectivity index (χ2v) is 6.01. The predicted octanol–water partition coefficient (Wildman–Crippen LogP) is 0.949. The Balaban J connectivity index is 2.10. The van der Waals surface area contributed by atoms with Crippen molar-refractivity contribution in [2.45, 2.75) is 39.5 Å². The predicted molar refractivity (Wildman–Crippen MR) is 70.4 cm³/mol. The fourth-order valence-electron chi connectivity index (χ4n) is 2.31. The van der Waals surface area contributed by atoms with E-state index in [0.717, 1.165) is 32.6 Å². The molecule has 1 aliphatic heterocycles. The standard InChI is InChI=1S/C13H27N3O/c1-13(2,10-14)6-3-4-7-16-8-5-11(9-16)12(15)17/h11H,3-10,14H2,1-2H3,(H2,15,17). The van der Waals surface area contributed by atoms with Crippen LogP contribution in [-0.4, -0.2) is 37.0 Å². The SMILES string of the molecule is CC(C)(CN)CCCCN1CCC(C(N)=O)C1. The summed E-state index contributed by atoms with van der Waals surface area (Å²) >= 11 is 0. The second kappa shape index (κ2) is 6.36. The molecule has 4 nitrogen and oxygen atoms in total. The number of carbonyl (C=O) groups excluding carboxylic acids is 1. The summed E-state index contributed by atoms with van der Waals surface area (Å²) in [4.78, 5) is 13.4. The van der Waals surface area contributed by atoms with E-state index in [1.54, 1.807) is 0 Å². The number of primary amides is 1. The van der Waals surface area contributed by atoms with Gasteiger partial charge in [0.2, 0.25) is 5.91 Å². The third kappa shape index (κ3) is 5.04. The highest BCUT2D eigenvalue weighted by atomic mass is 16.1. The molecule has 17 heavy (non-hydrogen) atoms. The summed E-state index contributed by atoms with van der Waals surface area (Å²) < 4.78 is 0. The van der Waals surface area contributed by atoms with Crippen LogP contribution in [0.25, 0.3) is 0 Å². The maximum Gasteiger partial charge on any atom is 0.221 e. The van der Waals surface area contributed by atoms with Crippen molar-refractivity contribution in [3.63, 3.8) is 0 Å². The Labute approximate surface area is 105 Å². The van der Waals surface area contributed by atoms with Gasteiger partial charge in [0.15, 0.2) is 0 Å². The van der Waals surface area contributed by atoms with Gasteiger partial charge >= 0.3 is 0 Å². The fourth-order valence-corrected chi connectivity index (χ4v) is 2.31. The molecule has 0 saturated carbocycles. The number of rotatable bonds is 7. The van der Waals surface area contributed by atoms with Crippen molar-refractivity contribution in [2.24, 2.45) is 22.8 Å². The zero-order chi connectivity index (χ0) is 12.9. The van der Waals surface area contributed by atoms with Crippen LogP contribution in [0.1, 0.15) is 39.5 Å². The van der Waals surface area contributed by atoms with Crippen molar-refractivity contribution < 1.29 is 4.79 Å². The van der Waals surface area contributed by atoms with Crippen LogP contribution >= 0.6 is 0 Å². The van der Waals surface area contributed by atoms with E-state index in [9.17, 15) is 4.79 Å². The molecule has 1 saturated heterocycles. The van der Waals surface area contributed by atoms with Crippen molar-refractivity contribution in [3.05, 3.63) is 0 Å². The molecule has 4 N–H and O–H groups in total. The molecule has 0 aliphatic carbocycles. The first kappa shape index (κ1) is 14.5. The first-order valence-electron chi connectivity index (χ1n) is 6.66. The molecular weight excluding hydrogens is 214 g/mol. The van der Waals surface area contributed by atoms with Crippen LogP contribution in [0.2, 0.25) is 0 Å². The highest BCUT2D eigenvalue weighted by molar-refractivity contribution is 5.77. The maximum absolute atomic E-state index is 11.0. The lowest BCUT2D eigenvalue weighted by molar-refractivity contribution is -0.121. The van der Waals surface area contributed by atoms with E-state index in [0.29, 0.717) is 0 Å². The smallest absolute Gasteiger partial charge is 0.221 e. The normalized spacial score (nSPS) is 21.9. The highest BCUT2D eigenvalue weighted by Gasteiger charge is 2.26. The lowest BCUT2D eigenvalue weighted by Gasteiger charge is -2.22. The van der Waals surface area contributed by atoms with Gasteiger partial charge in [-0.15, -0.1) is 0 Å². The summed E-state index contributed by atoms with van der Waals surface area (Å²) in [5.41, 5.74) is 11.3. The van der Waals surface area contributed by atoms with Gasteiger partial charge in [0.05, 0.1) is 5.92 Å². The zero-order valence-corrected chi connectivity index (χ0v) is 11.2. The maximum atomic E-state index is 11.0. The van der Waals surface area contributed by atoms with Crippen molar-refractivity contribution in [2.75, 3.05) is 26.2 Å². The van der Waals surface area contributed by atoms with Crippen molar-refractivity contribution in [3.8, 4) is 0 Å². The van der Waals surface area contributed by atoms with Crippen molar-refractivity contribution in [1.29, 1.82) is 0 Å². The first-order chi connectivity index (χ1) is 7.94. The topological polar surface area (TPSA) is 72.3 Å². The summed E-state index contributed by atoms with van der Waals surface area (Å²) in [7, 11) is 0. The Bertz CT molecular complexity index is 253. The Morgan fingerprint density at radius 1 is 1.41 bits per heavy atom. The quantitative estimate of drug-likeness (QED) is 0.652. The van der Waals surface area contributed by atoms with Gasteiger partial charge in [0.1, 0.15) is 0 Å². The molecular formula is C13H27N3O. The van der Waals surface area contributed by atoms with Crippen LogP contribution in [0.4, 0.5) is 0 Å². The number of nitrogens with two attached hydrogens (primary N) is 2. The minimum atomic E-state index is -0.142. The molecule has 100 valence electrons. The van der Waals surface area contributed by atoms with Crippen LogP contribution in [0, 0.1) is 11.3 Å². The molecule has 1 aliphatic rings. The summed E-state index contributed by atoms with van der Waals surface area (Å²) in [6.45, 7) is 8.15. The van der Waals surface area contributed by atoms with E-state index in [-0.39, 0.29) is 17.2 Å². The number of nitrogens with zero attached hydrogens (tertiary/aromatic N) is 1. The van der Waals surface area contributed by atoms with Crippen LogP contribution in [0.15, 0.2) is 0 Å². The number of unbranched alkanes of at least 4 members (excludes halogenated alkanes) is 1. The average molecular weight is 241 g/mol. The Kier molecular flexibility index (Phi) is 5.40. The zero-order valence-electron chi connectivity index (χ0n) is 11.2. The van der Waals surface area contributed by atoms with Gasteiger partial charge in [-0.2, -0.15) is 0 Å². The fraction of sp³-hybridized carbons (Fsp3) is 0.923. The monoisotopic (exact) mass is 241 g/mol. The van der Waals surface area contributed by atoms with Crippen LogP contribution < -0.4 is 11.5 Å². The van der Waals surface area contributed by atoms with Gasteiger partial charge in [-0.05, 0) is 44.3 Å². The third-order valence-electron chi connectivity index (χ3n) is 3.81. The van der Waals surface area contributed by atoms with Crippen molar-refractivity contribution in [1.82, 2.24) is 4.90 Å². The number of likely N-dealkylation sites (tertiary alicyclic amines) is 1. The van der Waals surface area contributed by atoms with Gasteiger partial charge in [0, 0.05) is 6.54 Å². The van der Waals surface area contributed by atoms with E-state index in [1.807, 2.05) is 0 Å². The molecule has 0 aromatic rings. The largest absolute Gasteiger partial charge is 0.369 e. The lowest BCUT2D eigenvalue weighted by atomic mass is 9.87. The third-order valence-corrected chi connectivity index (χ3v) is 3.81. The van der Waals surface area contributed by atoms with E-state index in [1.165, 1.54) is 19.3 Å². The molecule has 1 atom stereocenters. The van der Waals surface area contributed by atoms with Gasteiger partial charge in [-0.1, -0.05) is 20.3 Å². The molecule has 0 spiro atoms. The average Bonchev–Trinajstić information content (AvgIpc) is 2.73. The van der Waals surface area contributed by atoms with Gasteiger partial charge < -0.3 is 16.4 Å². The second-order valence-electron chi connectivity index (χ2n) is 6.01. The summed E-state index contributed by atoms with van der Waals surface area (Å²) in [6.07, 6.45) is 4.51. The van der Waals surface area contributed by atoms with E-state index < -0.39 is 0 Å². The van der Waals surface area contributed by atoms with Crippen LogP contribution in [-0.2, 0) is 4.79 Å². The van der Waals surface area contributed by atoms with E-state index in [4.69, 9.17) is 11.5 Å². The van der Waals surface area contributed by atoms with E-state index in [2.05, 4.69) is 18.7 Å². The van der Waals surface area contributed by atoms with E-state index >= 15 is 0 Å². The Morgan fingerprint density at radius 2 is 2.12 bits per heavy atom. The molecule has 1 rings (SSSR count). The Hall–Kier alpha value is -0.610. The molecule has 0 radical (unpaired) electrons. The first-order valence-corrected chi connectivity index (χ1v) is 6.66. The minimum absolute atomic E-state index is 0.0792. The summed E-state index contributed by atoms with van der Waals surface area (Å²) in [6, 6.07) is 0. The molecule has 1 amide bonds.